The fourth-order valence-corrected chi connectivity index (χ4v) is 2.12. The van der Waals surface area contributed by atoms with E-state index in [-0.39, 0.29) is 18.1 Å². The summed E-state index contributed by atoms with van der Waals surface area (Å²) in [7, 11) is 1.58. The van der Waals surface area contributed by atoms with Crippen LogP contribution in [0.1, 0.15) is 16.2 Å². The van der Waals surface area contributed by atoms with Gasteiger partial charge in [0.15, 0.2) is 5.75 Å². The Hall–Kier alpha value is -3.68. The van der Waals surface area contributed by atoms with Crippen molar-refractivity contribution in [2.24, 2.45) is 0 Å². The van der Waals surface area contributed by atoms with Gasteiger partial charge in [0.2, 0.25) is 11.7 Å². The van der Waals surface area contributed by atoms with E-state index in [0.717, 1.165) is 12.4 Å². The number of amides is 1. The molecule has 0 saturated carbocycles. The first-order valence-corrected chi connectivity index (χ1v) is 7.70. The van der Waals surface area contributed by atoms with Crippen molar-refractivity contribution in [1.82, 2.24) is 20.3 Å². The molecule has 2 heterocycles. The van der Waals surface area contributed by atoms with Crippen molar-refractivity contribution in [2.45, 2.75) is 6.54 Å². The summed E-state index contributed by atoms with van der Waals surface area (Å²) in [6.07, 6.45) is 3.91. The number of aromatic hydroxyl groups is 1. The van der Waals surface area contributed by atoms with Crippen LogP contribution < -0.4 is 14.8 Å². The lowest BCUT2D eigenvalue weighted by atomic mass is 10.2. The van der Waals surface area contributed by atoms with Crippen molar-refractivity contribution < 1.29 is 19.4 Å². The molecule has 0 aliphatic rings. The maximum atomic E-state index is 12.1. The molecule has 2 aromatic heterocycles. The third-order valence-corrected chi connectivity index (χ3v) is 3.39. The molecule has 0 saturated heterocycles. The van der Waals surface area contributed by atoms with Crippen LogP contribution in [0, 0.1) is 0 Å². The van der Waals surface area contributed by atoms with Crippen LogP contribution in [0.2, 0.25) is 0 Å². The molecule has 3 aromatic rings. The third-order valence-electron chi connectivity index (χ3n) is 3.39. The molecule has 0 spiro atoms. The van der Waals surface area contributed by atoms with Crippen molar-refractivity contribution in [3.63, 3.8) is 0 Å². The lowest BCUT2D eigenvalue weighted by Gasteiger charge is -2.11. The summed E-state index contributed by atoms with van der Waals surface area (Å²) in [5, 5.41) is 11.9. The number of benzene rings is 1. The van der Waals surface area contributed by atoms with E-state index in [2.05, 4.69) is 20.3 Å². The van der Waals surface area contributed by atoms with E-state index in [0.29, 0.717) is 22.9 Å². The highest BCUT2D eigenvalue weighted by Gasteiger charge is 2.12. The van der Waals surface area contributed by atoms with E-state index in [1.165, 1.54) is 0 Å². The predicted octanol–water partition coefficient (Wildman–Crippen LogP) is 2.31. The summed E-state index contributed by atoms with van der Waals surface area (Å²) in [5.74, 6) is 0.980. The minimum Gasteiger partial charge on any atom is -0.505 e. The summed E-state index contributed by atoms with van der Waals surface area (Å²) >= 11 is 0. The Bertz CT molecular complexity index is 900. The van der Waals surface area contributed by atoms with Crippen molar-refractivity contribution in [3.8, 4) is 23.1 Å². The average Bonchev–Trinajstić information content (AvgIpc) is 2.68. The van der Waals surface area contributed by atoms with Crippen LogP contribution >= 0.6 is 0 Å². The smallest absolute Gasteiger partial charge is 0.289 e. The molecular weight excluding hydrogens is 336 g/mol. The number of carbonyl (C=O) groups excluding carboxylic acids is 1. The van der Waals surface area contributed by atoms with E-state index in [1.807, 2.05) is 6.07 Å². The maximum absolute atomic E-state index is 12.1. The summed E-state index contributed by atoms with van der Waals surface area (Å²) in [5.41, 5.74) is 0.683. The molecule has 0 bridgehead atoms. The average molecular weight is 352 g/mol. The van der Waals surface area contributed by atoms with Crippen LogP contribution in [0.5, 0.6) is 23.1 Å². The quantitative estimate of drug-likeness (QED) is 0.701. The zero-order valence-corrected chi connectivity index (χ0v) is 13.9. The standard InChI is InChI=1S/C18H16N4O4/c1-25-14-5-2-6-15(8-14)26-18-12(4-3-7-19-18)9-22-17(24)16-20-10-13(23)11-21-16/h2-8,10-11,23H,9H2,1H3,(H,22,24). The predicted molar refractivity (Wildman–Crippen MR) is 92.2 cm³/mol. The number of methoxy groups -OCH3 is 1. The highest BCUT2D eigenvalue weighted by atomic mass is 16.5. The van der Waals surface area contributed by atoms with Crippen molar-refractivity contribution >= 4 is 5.91 Å². The number of hydrogen-bond acceptors (Lipinski definition) is 7. The number of pyridine rings is 1. The van der Waals surface area contributed by atoms with E-state index >= 15 is 0 Å². The topological polar surface area (TPSA) is 106 Å². The van der Waals surface area contributed by atoms with E-state index < -0.39 is 5.91 Å². The SMILES string of the molecule is COc1cccc(Oc2ncccc2CNC(=O)c2ncc(O)cn2)c1. The number of ether oxygens (including phenoxy) is 2. The van der Waals surface area contributed by atoms with Crippen LogP contribution in [0.4, 0.5) is 0 Å². The van der Waals surface area contributed by atoms with Gasteiger partial charge in [-0.25, -0.2) is 15.0 Å². The van der Waals surface area contributed by atoms with Gasteiger partial charge in [0, 0.05) is 24.4 Å². The van der Waals surface area contributed by atoms with E-state index in [9.17, 15) is 4.79 Å². The summed E-state index contributed by atoms with van der Waals surface area (Å²) in [6.45, 7) is 0.177. The van der Waals surface area contributed by atoms with Crippen LogP contribution in [0.15, 0.2) is 55.0 Å². The minimum absolute atomic E-state index is 0.0399. The van der Waals surface area contributed by atoms with E-state index in [1.54, 1.807) is 43.6 Å². The molecule has 132 valence electrons. The van der Waals surface area contributed by atoms with Gasteiger partial charge >= 0.3 is 0 Å². The zero-order valence-electron chi connectivity index (χ0n) is 13.9. The molecule has 0 aliphatic heterocycles. The first kappa shape index (κ1) is 17.2. The first-order chi connectivity index (χ1) is 12.7. The van der Waals surface area contributed by atoms with Crippen molar-refractivity contribution in [1.29, 1.82) is 0 Å². The van der Waals surface area contributed by atoms with Gasteiger partial charge in [0.05, 0.1) is 19.5 Å². The number of nitrogens with one attached hydrogen (secondary N) is 1. The molecule has 8 nitrogen and oxygen atoms in total. The monoisotopic (exact) mass is 352 g/mol. The Morgan fingerprint density at radius 1 is 1.12 bits per heavy atom. The molecule has 26 heavy (non-hydrogen) atoms. The fraction of sp³-hybridized carbons (Fsp3) is 0.111. The van der Waals surface area contributed by atoms with Gasteiger partial charge in [-0.1, -0.05) is 12.1 Å². The molecule has 0 unspecified atom stereocenters. The molecule has 0 fully saturated rings. The normalized spacial score (nSPS) is 10.2. The Balaban J connectivity index is 1.70. The van der Waals surface area contributed by atoms with E-state index in [4.69, 9.17) is 14.6 Å². The number of carbonyl (C=O) groups is 1. The maximum Gasteiger partial charge on any atom is 0.289 e. The largest absolute Gasteiger partial charge is 0.505 e. The first-order valence-electron chi connectivity index (χ1n) is 7.70. The van der Waals surface area contributed by atoms with Crippen LogP contribution in [0.3, 0.4) is 0 Å². The highest BCUT2D eigenvalue weighted by molar-refractivity contribution is 5.90. The van der Waals surface area contributed by atoms with Gasteiger partial charge in [-0.05, 0) is 18.2 Å². The van der Waals surface area contributed by atoms with Crippen LogP contribution in [-0.2, 0) is 6.54 Å². The Labute approximate surface area is 149 Å². The number of rotatable bonds is 6. The molecule has 2 N–H and O–H groups in total. The third kappa shape index (κ3) is 4.23. The van der Waals surface area contributed by atoms with Crippen molar-refractivity contribution in [2.75, 3.05) is 7.11 Å². The molecule has 1 aromatic carbocycles. The van der Waals surface area contributed by atoms with Gasteiger partial charge in [0.25, 0.3) is 5.91 Å². The Morgan fingerprint density at radius 3 is 2.65 bits per heavy atom. The Morgan fingerprint density at radius 2 is 1.88 bits per heavy atom. The second-order valence-corrected chi connectivity index (χ2v) is 5.20. The molecule has 0 radical (unpaired) electrons. The lowest BCUT2D eigenvalue weighted by molar-refractivity contribution is 0.0940. The molecule has 1 amide bonds. The van der Waals surface area contributed by atoms with Crippen LogP contribution in [-0.4, -0.2) is 33.1 Å². The summed E-state index contributed by atoms with van der Waals surface area (Å²) < 4.78 is 11.0. The van der Waals surface area contributed by atoms with Gasteiger partial charge in [0.1, 0.15) is 11.5 Å². The highest BCUT2D eigenvalue weighted by Crippen LogP contribution is 2.26. The molecule has 3 rings (SSSR count). The molecule has 0 aliphatic carbocycles. The van der Waals surface area contributed by atoms with Gasteiger partial charge in [-0.2, -0.15) is 0 Å². The van der Waals surface area contributed by atoms with Crippen molar-refractivity contribution in [3.05, 3.63) is 66.4 Å². The minimum atomic E-state index is -0.471. The second-order valence-electron chi connectivity index (χ2n) is 5.20. The van der Waals surface area contributed by atoms with Crippen LogP contribution in [0.25, 0.3) is 0 Å². The van der Waals surface area contributed by atoms with Gasteiger partial charge in [-0.15, -0.1) is 0 Å². The number of aromatic nitrogens is 3. The molecule has 0 atom stereocenters. The number of nitrogens with zero attached hydrogens (tertiary/aromatic N) is 3. The summed E-state index contributed by atoms with van der Waals surface area (Å²) in [6, 6.07) is 10.7. The van der Waals surface area contributed by atoms with Gasteiger partial charge in [-0.3, -0.25) is 4.79 Å². The Kier molecular flexibility index (Phi) is 5.23. The fourth-order valence-electron chi connectivity index (χ4n) is 2.12. The second kappa shape index (κ2) is 7.93. The molecule has 8 heteroatoms. The lowest BCUT2D eigenvalue weighted by Crippen LogP contribution is -2.25. The van der Waals surface area contributed by atoms with Gasteiger partial charge < -0.3 is 19.9 Å². The zero-order chi connectivity index (χ0) is 18.4. The molecular formula is C18H16N4O4. The summed E-state index contributed by atoms with van der Waals surface area (Å²) in [4.78, 5) is 23.8. The number of hydrogen-bond donors (Lipinski definition) is 2.